The van der Waals surface area contributed by atoms with Crippen molar-refractivity contribution in [3.8, 4) is 5.69 Å². The largest absolute Gasteiger partial charge is 0.324 e. The summed E-state index contributed by atoms with van der Waals surface area (Å²) in [6, 6.07) is 5.43. The van der Waals surface area contributed by atoms with E-state index in [1.807, 2.05) is 26.0 Å². The molecule has 0 radical (unpaired) electrons. The standard InChI is InChI=1S/C15H19ClN4O/c1-3-17-9-11(2)15(21)19-13-6-4-5-12(16)14(13)20-8-7-18-10-20/h4-8,10-11,17H,3,9H2,1-2H3,(H,19,21). The van der Waals surface area contributed by atoms with Gasteiger partial charge in [0.15, 0.2) is 0 Å². The molecule has 1 amide bonds. The van der Waals surface area contributed by atoms with E-state index in [2.05, 4.69) is 15.6 Å². The average Bonchev–Trinajstić information content (AvgIpc) is 2.98. The lowest BCUT2D eigenvalue weighted by Gasteiger charge is -2.16. The first-order chi connectivity index (χ1) is 10.1. The maximum absolute atomic E-state index is 12.2. The first-order valence-electron chi connectivity index (χ1n) is 6.92. The summed E-state index contributed by atoms with van der Waals surface area (Å²) in [6.45, 7) is 5.39. The second-order valence-corrected chi connectivity index (χ2v) is 5.21. The van der Waals surface area contributed by atoms with Crippen molar-refractivity contribution in [3.63, 3.8) is 0 Å². The molecule has 2 aromatic rings. The summed E-state index contributed by atoms with van der Waals surface area (Å²) >= 11 is 6.26. The molecule has 0 spiro atoms. The van der Waals surface area contributed by atoms with E-state index in [1.165, 1.54) is 0 Å². The molecular formula is C15H19ClN4O. The molecule has 1 aromatic heterocycles. The number of para-hydroxylation sites is 1. The maximum atomic E-state index is 12.2. The van der Waals surface area contributed by atoms with Gasteiger partial charge >= 0.3 is 0 Å². The second-order valence-electron chi connectivity index (χ2n) is 4.80. The van der Waals surface area contributed by atoms with Gasteiger partial charge < -0.3 is 15.2 Å². The highest BCUT2D eigenvalue weighted by Crippen LogP contribution is 2.28. The normalized spacial score (nSPS) is 12.1. The quantitative estimate of drug-likeness (QED) is 0.862. The van der Waals surface area contributed by atoms with Crippen LogP contribution in [-0.4, -0.2) is 28.5 Å². The lowest BCUT2D eigenvalue weighted by atomic mass is 10.1. The Morgan fingerprint density at radius 3 is 2.95 bits per heavy atom. The van der Waals surface area contributed by atoms with E-state index >= 15 is 0 Å². The molecule has 2 rings (SSSR count). The second kappa shape index (κ2) is 7.24. The smallest absolute Gasteiger partial charge is 0.228 e. The van der Waals surface area contributed by atoms with Gasteiger partial charge in [0.1, 0.15) is 0 Å². The number of rotatable bonds is 6. The third-order valence-electron chi connectivity index (χ3n) is 3.16. The Hall–Kier alpha value is -1.85. The summed E-state index contributed by atoms with van der Waals surface area (Å²) in [4.78, 5) is 16.2. The summed E-state index contributed by atoms with van der Waals surface area (Å²) in [7, 11) is 0. The van der Waals surface area contributed by atoms with Crippen LogP contribution in [0.4, 0.5) is 5.69 Å². The maximum Gasteiger partial charge on any atom is 0.228 e. The fraction of sp³-hybridized carbons (Fsp3) is 0.333. The Morgan fingerprint density at radius 1 is 1.48 bits per heavy atom. The highest BCUT2D eigenvalue weighted by molar-refractivity contribution is 6.33. The van der Waals surface area contributed by atoms with Crippen LogP contribution in [0.2, 0.25) is 5.02 Å². The molecule has 0 aliphatic heterocycles. The van der Waals surface area contributed by atoms with Gasteiger partial charge in [-0.2, -0.15) is 0 Å². The van der Waals surface area contributed by atoms with Crippen LogP contribution in [0.3, 0.4) is 0 Å². The van der Waals surface area contributed by atoms with Crippen LogP contribution < -0.4 is 10.6 Å². The summed E-state index contributed by atoms with van der Waals surface area (Å²) < 4.78 is 1.78. The van der Waals surface area contributed by atoms with Gasteiger partial charge in [0, 0.05) is 24.9 Å². The molecule has 21 heavy (non-hydrogen) atoms. The molecule has 0 fully saturated rings. The van der Waals surface area contributed by atoms with Crippen LogP contribution in [0, 0.1) is 5.92 Å². The number of hydrogen-bond acceptors (Lipinski definition) is 3. The van der Waals surface area contributed by atoms with Gasteiger partial charge in [0.05, 0.1) is 22.7 Å². The van der Waals surface area contributed by atoms with Gasteiger partial charge in [0.2, 0.25) is 5.91 Å². The van der Waals surface area contributed by atoms with E-state index < -0.39 is 0 Å². The van der Waals surface area contributed by atoms with Crippen molar-refractivity contribution < 1.29 is 4.79 Å². The number of carbonyl (C=O) groups excluding carboxylic acids is 1. The molecular weight excluding hydrogens is 288 g/mol. The Balaban J connectivity index is 2.21. The zero-order valence-electron chi connectivity index (χ0n) is 12.1. The molecule has 0 aliphatic carbocycles. The molecule has 1 aromatic carbocycles. The Bertz CT molecular complexity index is 598. The SMILES string of the molecule is CCNCC(C)C(=O)Nc1cccc(Cl)c1-n1ccnc1. The number of benzene rings is 1. The molecule has 0 aliphatic rings. The minimum atomic E-state index is -0.125. The fourth-order valence-corrected chi connectivity index (χ4v) is 2.25. The van der Waals surface area contributed by atoms with Crippen LogP contribution in [0.25, 0.3) is 5.69 Å². The highest BCUT2D eigenvalue weighted by Gasteiger charge is 2.16. The summed E-state index contributed by atoms with van der Waals surface area (Å²) in [5.74, 6) is -0.167. The molecule has 0 saturated carbocycles. The van der Waals surface area contributed by atoms with E-state index in [4.69, 9.17) is 11.6 Å². The molecule has 1 unspecified atom stereocenters. The Kier molecular flexibility index (Phi) is 5.36. The van der Waals surface area contributed by atoms with Crippen molar-refractivity contribution in [2.45, 2.75) is 13.8 Å². The summed E-state index contributed by atoms with van der Waals surface area (Å²) in [5, 5.41) is 6.66. The third kappa shape index (κ3) is 3.83. The van der Waals surface area contributed by atoms with Crippen LogP contribution in [-0.2, 0) is 4.79 Å². The zero-order valence-corrected chi connectivity index (χ0v) is 12.9. The Labute approximate surface area is 129 Å². The summed E-state index contributed by atoms with van der Waals surface area (Å²) in [5.41, 5.74) is 1.40. The predicted molar refractivity (Wildman–Crippen MR) is 84.9 cm³/mol. The topological polar surface area (TPSA) is 59.0 Å². The van der Waals surface area contributed by atoms with Crippen molar-refractivity contribution in [1.82, 2.24) is 14.9 Å². The third-order valence-corrected chi connectivity index (χ3v) is 3.46. The molecule has 0 bridgehead atoms. The molecule has 1 atom stereocenters. The number of anilines is 1. The van der Waals surface area contributed by atoms with E-state index in [-0.39, 0.29) is 11.8 Å². The molecule has 1 heterocycles. The van der Waals surface area contributed by atoms with Crippen LogP contribution in [0.1, 0.15) is 13.8 Å². The molecule has 112 valence electrons. The molecule has 0 saturated heterocycles. The van der Waals surface area contributed by atoms with Crippen molar-refractivity contribution in [2.75, 3.05) is 18.4 Å². The molecule has 2 N–H and O–H groups in total. The first-order valence-corrected chi connectivity index (χ1v) is 7.29. The van der Waals surface area contributed by atoms with Crippen molar-refractivity contribution in [1.29, 1.82) is 0 Å². The van der Waals surface area contributed by atoms with Gasteiger partial charge in [-0.25, -0.2) is 4.98 Å². The van der Waals surface area contributed by atoms with Gasteiger partial charge in [-0.1, -0.05) is 31.5 Å². The number of halogens is 1. The lowest BCUT2D eigenvalue weighted by Crippen LogP contribution is -2.30. The van der Waals surface area contributed by atoms with Crippen molar-refractivity contribution >= 4 is 23.2 Å². The van der Waals surface area contributed by atoms with Gasteiger partial charge in [0.25, 0.3) is 0 Å². The number of carbonyl (C=O) groups is 1. The lowest BCUT2D eigenvalue weighted by molar-refractivity contribution is -0.119. The highest BCUT2D eigenvalue weighted by atomic mass is 35.5. The number of aromatic nitrogens is 2. The Morgan fingerprint density at radius 2 is 2.29 bits per heavy atom. The van der Waals surface area contributed by atoms with E-state index in [0.717, 1.165) is 12.2 Å². The minimum absolute atomic E-state index is 0.0421. The molecule has 5 nitrogen and oxygen atoms in total. The van der Waals surface area contributed by atoms with Crippen LogP contribution in [0.5, 0.6) is 0 Å². The zero-order chi connectivity index (χ0) is 15.2. The number of imidazole rings is 1. The predicted octanol–water partition coefficient (Wildman–Crippen LogP) is 2.71. The van der Waals surface area contributed by atoms with E-state index in [1.54, 1.807) is 29.4 Å². The number of amides is 1. The van der Waals surface area contributed by atoms with E-state index in [0.29, 0.717) is 17.3 Å². The number of nitrogens with one attached hydrogen (secondary N) is 2. The average molecular weight is 307 g/mol. The van der Waals surface area contributed by atoms with Crippen LogP contribution in [0.15, 0.2) is 36.9 Å². The van der Waals surface area contributed by atoms with Gasteiger partial charge in [-0.15, -0.1) is 0 Å². The minimum Gasteiger partial charge on any atom is -0.324 e. The summed E-state index contributed by atoms with van der Waals surface area (Å²) in [6.07, 6.45) is 5.11. The van der Waals surface area contributed by atoms with E-state index in [9.17, 15) is 4.79 Å². The van der Waals surface area contributed by atoms with Gasteiger partial charge in [-0.3, -0.25) is 4.79 Å². The van der Waals surface area contributed by atoms with Gasteiger partial charge in [-0.05, 0) is 18.7 Å². The number of hydrogen-bond donors (Lipinski definition) is 2. The van der Waals surface area contributed by atoms with Crippen molar-refractivity contribution in [2.24, 2.45) is 5.92 Å². The van der Waals surface area contributed by atoms with Crippen molar-refractivity contribution in [3.05, 3.63) is 41.9 Å². The molecule has 6 heteroatoms. The fourth-order valence-electron chi connectivity index (χ4n) is 1.98. The number of nitrogens with zero attached hydrogens (tertiary/aromatic N) is 2. The first kappa shape index (κ1) is 15.5. The monoisotopic (exact) mass is 306 g/mol. The van der Waals surface area contributed by atoms with Crippen LogP contribution >= 0.6 is 11.6 Å².